The molecule has 4 nitrogen and oxygen atoms in total. The highest BCUT2D eigenvalue weighted by Gasteiger charge is 2.30. The molecule has 0 bridgehead atoms. The Morgan fingerprint density at radius 2 is 1.92 bits per heavy atom. The number of hydrogen-bond acceptors (Lipinski definition) is 3. The van der Waals surface area contributed by atoms with Gasteiger partial charge in [-0.2, -0.15) is 5.10 Å². The van der Waals surface area contributed by atoms with Crippen LogP contribution in [0.2, 0.25) is 0 Å². The molecular weight excluding hydrogens is 300 g/mol. The van der Waals surface area contributed by atoms with Crippen molar-refractivity contribution in [1.82, 2.24) is 9.78 Å². The van der Waals surface area contributed by atoms with Gasteiger partial charge in [-0.1, -0.05) is 23.8 Å². The van der Waals surface area contributed by atoms with Gasteiger partial charge >= 0.3 is 0 Å². The van der Waals surface area contributed by atoms with Crippen LogP contribution in [-0.2, 0) is 7.05 Å². The van der Waals surface area contributed by atoms with E-state index in [1.165, 1.54) is 5.57 Å². The van der Waals surface area contributed by atoms with Crippen LogP contribution in [-0.4, -0.2) is 20.0 Å². The average Bonchev–Trinajstić information content (AvgIpc) is 2.93. The summed E-state index contributed by atoms with van der Waals surface area (Å²) in [6.07, 6.45) is 7.75. The SMILES string of the molecule is C=C(C)C1CCC(C)=C[C@H]1c1c(O)cc(-c2cnn(C)c2)cc1O. The predicted octanol–water partition coefficient (Wildman–Crippen LogP) is 4.51. The Balaban J connectivity index is 2.07. The van der Waals surface area contributed by atoms with E-state index in [-0.39, 0.29) is 23.3 Å². The minimum Gasteiger partial charge on any atom is -0.507 e. The van der Waals surface area contributed by atoms with E-state index in [0.717, 1.165) is 29.5 Å². The largest absolute Gasteiger partial charge is 0.507 e. The van der Waals surface area contributed by atoms with Gasteiger partial charge in [-0.25, -0.2) is 0 Å². The number of phenols is 2. The summed E-state index contributed by atoms with van der Waals surface area (Å²) in [5.41, 5.74) is 4.58. The number of nitrogens with zero attached hydrogens (tertiary/aromatic N) is 2. The van der Waals surface area contributed by atoms with E-state index in [4.69, 9.17) is 0 Å². The van der Waals surface area contributed by atoms with E-state index < -0.39 is 0 Å². The van der Waals surface area contributed by atoms with Gasteiger partial charge in [0, 0.05) is 30.3 Å². The summed E-state index contributed by atoms with van der Waals surface area (Å²) in [4.78, 5) is 0. The van der Waals surface area contributed by atoms with E-state index in [1.54, 1.807) is 23.0 Å². The average molecular weight is 324 g/mol. The summed E-state index contributed by atoms with van der Waals surface area (Å²) >= 11 is 0. The summed E-state index contributed by atoms with van der Waals surface area (Å²) in [5.74, 6) is 0.432. The Labute approximate surface area is 142 Å². The maximum atomic E-state index is 10.6. The van der Waals surface area contributed by atoms with Gasteiger partial charge in [0.15, 0.2) is 0 Å². The smallest absolute Gasteiger partial charge is 0.123 e. The van der Waals surface area contributed by atoms with Crippen molar-refractivity contribution in [1.29, 1.82) is 0 Å². The minimum atomic E-state index is -0.0424. The normalized spacial score (nSPS) is 20.7. The van der Waals surface area contributed by atoms with Crippen molar-refractivity contribution in [2.45, 2.75) is 32.6 Å². The van der Waals surface area contributed by atoms with Gasteiger partial charge in [0.25, 0.3) is 0 Å². The monoisotopic (exact) mass is 324 g/mol. The molecule has 24 heavy (non-hydrogen) atoms. The van der Waals surface area contributed by atoms with E-state index in [9.17, 15) is 10.2 Å². The third-order valence-corrected chi connectivity index (χ3v) is 4.89. The van der Waals surface area contributed by atoms with Gasteiger partial charge in [0.1, 0.15) is 11.5 Å². The van der Waals surface area contributed by atoms with Crippen LogP contribution in [0.5, 0.6) is 11.5 Å². The Hall–Kier alpha value is -2.49. The number of aryl methyl sites for hydroxylation is 1. The molecule has 0 radical (unpaired) electrons. The lowest BCUT2D eigenvalue weighted by molar-refractivity contribution is 0.407. The zero-order chi connectivity index (χ0) is 17.4. The maximum absolute atomic E-state index is 10.6. The third kappa shape index (κ3) is 2.96. The van der Waals surface area contributed by atoms with Gasteiger partial charge in [-0.3, -0.25) is 4.68 Å². The third-order valence-electron chi connectivity index (χ3n) is 4.89. The standard InChI is InChI=1S/C20H24N2O2/c1-12(2)16-6-5-13(3)7-17(16)20-18(23)8-14(9-19(20)24)15-10-21-22(4)11-15/h7-11,16-17,23-24H,1,5-6H2,2-4H3/t16?,17-/m1/s1. The number of rotatable bonds is 3. The first-order chi connectivity index (χ1) is 11.4. The molecule has 1 aliphatic carbocycles. The van der Waals surface area contributed by atoms with Crippen molar-refractivity contribution in [2.75, 3.05) is 0 Å². The predicted molar refractivity (Wildman–Crippen MR) is 96.0 cm³/mol. The Morgan fingerprint density at radius 3 is 2.46 bits per heavy atom. The minimum absolute atomic E-state index is 0.0424. The highest BCUT2D eigenvalue weighted by Crippen LogP contribution is 2.47. The number of aromatic hydroxyl groups is 2. The van der Waals surface area contributed by atoms with Crippen LogP contribution in [0, 0.1) is 5.92 Å². The summed E-state index contributed by atoms with van der Waals surface area (Å²) in [6, 6.07) is 3.42. The highest BCUT2D eigenvalue weighted by molar-refractivity contribution is 5.68. The molecule has 1 aromatic heterocycles. The fourth-order valence-corrected chi connectivity index (χ4v) is 3.61. The van der Waals surface area contributed by atoms with Crippen LogP contribution < -0.4 is 0 Å². The molecule has 0 saturated carbocycles. The van der Waals surface area contributed by atoms with Crippen LogP contribution in [0.1, 0.15) is 38.2 Å². The molecular formula is C20H24N2O2. The molecule has 126 valence electrons. The number of phenolic OH excluding ortho intramolecular Hbond substituents is 2. The Morgan fingerprint density at radius 1 is 1.25 bits per heavy atom. The first-order valence-electron chi connectivity index (χ1n) is 8.24. The van der Waals surface area contributed by atoms with Crippen LogP contribution in [0.15, 0.2) is 48.3 Å². The molecule has 0 fully saturated rings. The molecule has 0 saturated heterocycles. The fraction of sp³-hybridized carbons (Fsp3) is 0.350. The van der Waals surface area contributed by atoms with Crippen LogP contribution in [0.25, 0.3) is 11.1 Å². The lowest BCUT2D eigenvalue weighted by Crippen LogP contribution is -2.17. The molecule has 1 aromatic carbocycles. The van der Waals surface area contributed by atoms with Crippen molar-refractivity contribution in [3.05, 3.63) is 53.9 Å². The summed E-state index contributed by atoms with van der Waals surface area (Å²) in [5, 5.41) is 25.4. The van der Waals surface area contributed by atoms with Gasteiger partial charge in [-0.05, 0) is 50.3 Å². The molecule has 2 atom stereocenters. The lowest BCUT2D eigenvalue weighted by atomic mass is 9.73. The fourth-order valence-electron chi connectivity index (χ4n) is 3.61. The van der Waals surface area contributed by atoms with Gasteiger partial charge in [0.05, 0.1) is 6.20 Å². The van der Waals surface area contributed by atoms with Crippen molar-refractivity contribution >= 4 is 0 Å². The summed E-state index contributed by atoms with van der Waals surface area (Å²) < 4.78 is 1.70. The first-order valence-corrected chi connectivity index (χ1v) is 8.24. The van der Waals surface area contributed by atoms with Crippen molar-refractivity contribution in [3.63, 3.8) is 0 Å². The first kappa shape index (κ1) is 16.4. The molecule has 1 heterocycles. The van der Waals surface area contributed by atoms with Gasteiger partial charge in [0.2, 0.25) is 0 Å². The van der Waals surface area contributed by atoms with E-state index in [0.29, 0.717) is 5.56 Å². The molecule has 1 aliphatic rings. The molecule has 2 N–H and O–H groups in total. The summed E-state index contributed by atoms with van der Waals surface area (Å²) in [7, 11) is 1.84. The number of benzene rings is 1. The molecule has 0 amide bonds. The molecule has 0 spiro atoms. The molecule has 2 aromatic rings. The number of hydrogen-bond donors (Lipinski definition) is 2. The van der Waals surface area contributed by atoms with Crippen LogP contribution in [0.4, 0.5) is 0 Å². The second kappa shape index (κ2) is 6.19. The van der Waals surface area contributed by atoms with Gasteiger partial charge < -0.3 is 10.2 Å². The maximum Gasteiger partial charge on any atom is 0.123 e. The Bertz CT molecular complexity index is 794. The zero-order valence-corrected chi connectivity index (χ0v) is 14.5. The Kier molecular flexibility index (Phi) is 4.22. The summed E-state index contributed by atoms with van der Waals surface area (Å²) in [6.45, 7) is 8.22. The second-order valence-corrected chi connectivity index (χ2v) is 6.86. The van der Waals surface area contributed by atoms with E-state index in [1.807, 2.05) is 20.2 Å². The lowest BCUT2D eigenvalue weighted by Gasteiger charge is -2.31. The van der Waals surface area contributed by atoms with Crippen molar-refractivity contribution < 1.29 is 10.2 Å². The van der Waals surface area contributed by atoms with E-state index in [2.05, 4.69) is 24.7 Å². The zero-order valence-electron chi connectivity index (χ0n) is 14.5. The van der Waals surface area contributed by atoms with Gasteiger partial charge in [-0.15, -0.1) is 0 Å². The molecule has 4 heteroatoms. The number of aromatic nitrogens is 2. The van der Waals surface area contributed by atoms with Crippen molar-refractivity contribution in [2.24, 2.45) is 13.0 Å². The van der Waals surface area contributed by atoms with Crippen LogP contribution >= 0.6 is 0 Å². The highest BCUT2D eigenvalue weighted by atomic mass is 16.3. The van der Waals surface area contributed by atoms with E-state index >= 15 is 0 Å². The molecule has 1 unspecified atom stereocenters. The quantitative estimate of drug-likeness (QED) is 0.816. The van der Waals surface area contributed by atoms with Crippen LogP contribution in [0.3, 0.4) is 0 Å². The molecule has 3 rings (SSSR count). The second-order valence-electron chi connectivity index (χ2n) is 6.86. The van der Waals surface area contributed by atoms with Crippen molar-refractivity contribution in [3.8, 4) is 22.6 Å². The number of allylic oxidation sites excluding steroid dienone is 3. The molecule has 0 aliphatic heterocycles. The topological polar surface area (TPSA) is 58.3 Å².